The minimum atomic E-state index is -0.979. The number of carbonyl (C=O) groups excluding carboxylic acids is 1. The van der Waals surface area contributed by atoms with Crippen LogP contribution >= 0.6 is 0 Å². The lowest BCUT2D eigenvalue weighted by molar-refractivity contribution is -0.138. The molecule has 0 fully saturated rings. The van der Waals surface area contributed by atoms with E-state index in [-0.39, 0.29) is 5.91 Å². The van der Waals surface area contributed by atoms with Crippen molar-refractivity contribution in [3.63, 3.8) is 0 Å². The van der Waals surface area contributed by atoms with Crippen LogP contribution in [0.4, 0.5) is 5.69 Å². The van der Waals surface area contributed by atoms with E-state index in [1.165, 1.54) is 4.90 Å². The largest absolute Gasteiger partial charge is 0.480 e. The molecule has 21 heavy (non-hydrogen) atoms. The van der Waals surface area contributed by atoms with E-state index in [0.717, 1.165) is 11.1 Å². The normalized spacial score (nSPS) is 16.6. The molecule has 4 heteroatoms. The summed E-state index contributed by atoms with van der Waals surface area (Å²) in [4.78, 5) is 25.6. The topological polar surface area (TPSA) is 57.6 Å². The van der Waals surface area contributed by atoms with Gasteiger partial charge in [-0.3, -0.25) is 9.69 Å². The molecule has 106 valence electrons. The Hall–Kier alpha value is -2.62. The van der Waals surface area contributed by atoms with E-state index in [1.54, 1.807) is 24.3 Å². The fraction of sp³-hybridized carbons (Fsp3) is 0.176. The van der Waals surface area contributed by atoms with Crippen LogP contribution in [0.1, 0.15) is 21.5 Å². The maximum Gasteiger partial charge on any atom is 0.327 e. The van der Waals surface area contributed by atoms with Crippen molar-refractivity contribution in [1.82, 2.24) is 0 Å². The van der Waals surface area contributed by atoms with Crippen molar-refractivity contribution < 1.29 is 14.7 Å². The van der Waals surface area contributed by atoms with Gasteiger partial charge in [-0.1, -0.05) is 35.9 Å². The standard InChI is InChI=1S/C17H15NO3/c1-11-5-4-7-13(9-11)16(19)18-14-8-3-2-6-12(14)10-15(18)17(20)21/h2-9,15H,10H2,1H3,(H,20,21). The highest BCUT2D eigenvalue weighted by molar-refractivity contribution is 6.10. The minimum absolute atomic E-state index is 0.268. The van der Waals surface area contributed by atoms with E-state index in [2.05, 4.69) is 0 Å². The molecule has 1 amide bonds. The fourth-order valence-corrected chi connectivity index (χ4v) is 2.75. The van der Waals surface area contributed by atoms with Gasteiger partial charge in [0, 0.05) is 17.7 Å². The average molecular weight is 281 g/mol. The summed E-state index contributed by atoms with van der Waals surface area (Å²) in [5.74, 6) is -1.25. The number of aryl methyl sites for hydroxylation is 1. The van der Waals surface area contributed by atoms with Crippen LogP contribution < -0.4 is 4.90 Å². The van der Waals surface area contributed by atoms with Gasteiger partial charge in [0.05, 0.1) is 0 Å². The van der Waals surface area contributed by atoms with Gasteiger partial charge < -0.3 is 5.11 Å². The number of rotatable bonds is 2. The van der Waals surface area contributed by atoms with Crippen LogP contribution in [0, 0.1) is 6.92 Å². The van der Waals surface area contributed by atoms with Gasteiger partial charge in [0.15, 0.2) is 0 Å². The van der Waals surface area contributed by atoms with Crippen molar-refractivity contribution in [2.75, 3.05) is 4.90 Å². The highest BCUT2D eigenvalue weighted by atomic mass is 16.4. The molecule has 1 unspecified atom stereocenters. The Morgan fingerprint density at radius 1 is 1.14 bits per heavy atom. The number of carboxylic acid groups (broad SMARTS) is 1. The predicted octanol–water partition coefficient (Wildman–Crippen LogP) is 2.65. The van der Waals surface area contributed by atoms with Gasteiger partial charge in [0.2, 0.25) is 0 Å². The molecule has 1 aliphatic rings. The van der Waals surface area contributed by atoms with Crippen LogP contribution in [0.25, 0.3) is 0 Å². The van der Waals surface area contributed by atoms with Crippen molar-refractivity contribution >= 4 is 17.6 Å². The van der Waals surface area contributed by atoms with E-state index in [0.29, 0.717) is 17.7 Å². The maximum absolute atomic E-state index is 12.7. The van der Waals surface area contributed by atoms with Crippen molar-refractivity contribution in [2.45, 2.75) is 19.4 Å². The number of amides is 1. The summed E-state index contributed by atoms with van der Waals surface area (Å²) < 4.78 is 0. The molecule has 1 heterocycles. The fourth-order valence-electron chi connectivity index (χ4n) is 2.75. The van der Waals surface area contributed by atoms with Crippen molar-refractivity contribution in [1.29, 1.82) is 0 Å². The molecule has 0 aromatic heterocycles. The zero-order chi connectivity index (χ0) is 15.0. The van der Waals surface area contributed by atoms with Gasteiger partial charge in [-0.05, 0) is 30.7 Å². The zero-order valence-corrected chi connectivity index (χ0v) is 11.6. The van der Waals surface area contributed by atoms with Gasteiger partial charge in [-0.25, -0.2) is 4.79 Å². The summed E-state index contributed by atoms with van der Waals surface area (Å²) in [5, 5.41) is 9.41. The molecule has 0 aliphatic carbocycles. The molecule has 4 nitrogen and oxygen atoms in total. The van der Waals surface area contributed by atoms with Gasteiger partial charge >= 0.3 is 5.97 Å². The summed E-state index contributed by atoms with van der Waals surface area (Å²) in [7, 11) is 0. The van der Waals surface area contributed by atoms with Gasteiger partial charge in [-0.15, -0.1) is 0 Å². The maximum atomic E-state index is 12.7. The Labute approximate surface area is 122 Å². The summed E-state index contributed by atoms with van der Waals surface area (Å²) in [5.41, 5.74) is 3.07. The monoisotopic (exact) mass is 281 g/mol. The second kappa shape index (κ2) is 5.05. The molecule has 0 saturated heterocycles. The van der Waals surface area contributed by atoms with Gasteiger partial charge in [0.25, 0.3) is 5.91 Å². The van der Waals surface area contributed by atoms with E-state index in [1.807, 2.05) is 31.2 Å². The second-order valence-electron chi connectivity index (χ2n) is 5.23. The first-order chi connectivity index (χ1) is 10.1. The van der Waals surface area contributed by atoms with Gasteiger partial charge in [0.1, 0.15) is 6.04 Å². The van der Waals surface area contributed by atoms with Crippen molar-refractivity contribution in [3.8, 4) is 0 Å². The third-order valence-electron chi connectivity index (χ3n) is 3.74. The summed E-state index contributed by atoms with van der Waals surface area (Å²) in [6.45, 7) is 1.91. The lowest BCUT2D eigenvalue weighted by Crippen LogP contribution is -2.42. The van der Waals surface area contributed by atoms with Crippen LogP contribution in [0.15, 0.2) is 48.5 Å². The molecular weight excluding hydrogens is 266 g/mol. The molecule has 2 aromatic carbocycles. The van der Waals surface area contributed by atoms with E-state index in [9.17, 15) is 14.7 Å². The Kier molecular flexibility index (Phi) is 3.22. The first kappa shape index (κ1) is 13.4. The molecule has 3 rings (SSSR count). The van der Waals surface area contributed by atoms with E-state index >= 15 is 0 Å². The Bertz CT molecular complexity index is 723. The third-order valence-corrected chi connectivity index (χ3v) is 3.74. The number of carbonyl (C=O) groups is 2. The number of carboxylic acids is 1. The van der Waals surface area contributed by atoms with Crippen molar-refractivity contribution in [2.24, 2.45) is 0 Å². The molecule has 0 radical (unpaired) electrons. The molecule has 2 aromatic rings. The lowest BCUT2D eigenvalue weighted by atomic mass is 10.1. The van der Waals surface area contributed by atoms with Gasteiger partial charge in [-0.2, -0.15) is 0 Å². The number of aliphatic carboxylic acids is 1. The molecule has 0 saturated carbocycles. The second-order valence-corrected chi connectivity index (χ2v) is 5.23. The van der Waals surface area contributed by atoms with Crippen molar-refractivity contribution in [3.05, 3.63) is 65.2 Å². The van der Waals surface area contributed by atoms with Crippen LogP contribution in [-0.4, -0.2) is 23.0 Å². The Balaban J connectivity index is 2.05. The highest BCUT2D eigenvalue weighted by Crippen LogP contribution is 2.33. The molecule has 1 N–H and O–H groups in total. The minimum Gasteiger partial charge on any atom is -0.480 e. The summed E-state index contributed by atoms with van der Waals surface area (Å²) in [6.07, 6.45) is 0.350. The number of anilines is 1. The van der Waals surface area contributed by atoms with Crippen LogP contribution in [-0.2, 0) is 11.2 Å². The van der Waals surface area contributed by atoms with Crippen LogP contribution in [0.2, 0.25) is 0 Å². The Morgan fingerprint density at radius 2 is 1.90 bits per heavy atom. The highest BCUT2D eigenvalue weighted by Gasteiger charge is 2.38. The lowest BCUT2D eigenvalue weighted by Gasteiger charge is -2.22. The summed E-state index contributed by atoms with van der Waals surface area (Å²) in [6, 6.07) is 13.7. The quantitative estimate of drug-likeness (QED) is 0.920. The number of hydrogen-bond donors (Lipinski definition) is 1. The molecule has 1 atom stereocenters. The first-order valence-corrected chi connectivity index (χ1v) is 6.79. The molecular formula is C17H15NO3. The smallest absolute Gasteiger partial charge is 0.327 e. The molecule has 1 aliphatic heterocycles. The van der Waals surface area contributed by atoms with E-state index < -0.39 is 12.0 Å². The average Bonchev–Trinajstić information content (AvgIpc) is 2.86. The number of fused-ring (bicyclic) bond motifs is 1. The Morgan fingerprint density at radius 3 is 2.62 bits per heavy atom. The number of hydrogen-bond acceptors (Lipinski definition) is 2. The van der Waals surface area contributed by atoms with Crippen LogP contribution in [0.3, 0.4) is 0 Å². The SMILES string of the molecule is Cc1cccc(C(=O)N2c3ccccc3CC2C(=O)O)c1. The first-order valence-electron chi connectivity index (χ1n) is 6.79. The number of nitrogens with zero attached hydrogens (tertiary/aromatic N) is 1. The third kappa shape index (κ3) is 2.29. The molecule has 0 spiro atoms. The van der Waals surface area contributed by atoms with Crippen LogP contribution in [0.5, 0.6) is 0 Å². The predicted molar refractivity (Wildman–Crippen MR) is 79.6 cm³/mol. The van der Waals surface area contributed by atoms with E-state index in [4.69, 9.17) is 0 Å². The summed E-state index contributed by atoms with van der Waals surface area (Å²) >= 11 is 0. The number of benzene rings is 2. The number of para-hydroxylation sites is 1. The zero-order valence-electron chi connectivity index (χ0n) is 11.6. The molecule has 0 bridgehead atoms.